The summed E-state index contributed by atoms with van der Waals surface area (Å²) in [6.45, 7) is 0. The molecule has 0 saturated heterocycles. The molecule has 3 rings (SSSR count). The van der Waals surface area contributed by atoms with E-state index in [1.165, 1.54) is 18.3 Å². The molecule has 0 aliphatic carbocycles. The van der Waals surface area contributed by atoms with Crippen LogP contribution < -0.4 is 0 Å². The number of aliphatic carboxylic acids is 1. The first kappa shape index (κ1) is 14.1. The standard InChI is InChI=1S/C16H12O3S2/c1-19-9-11(16(17)18)10-5-4-8-14-15(10)21-13-7-3-2-6-12(13)20-14/h2-9H,1H3,(H,17,18). The van der Waals surface area contributed by atoms with E-state index in [1.54, 1.807) is 23.5 Å². The van der Waals surface area contributed by atoms with Crippen LogP contribution in [0.1, 0.15) is 5.56 Å². The van der Waals surface area contributed by atoms with Crippen LogP contribution in [0.5, 0.6) is 0 Å². The van der Waals surface area contributed by atoms with Crippen LogP contribution in [0.2, 0.25) is 0 Å². The molecule has 0 amide bonds. The summed E-state index contributed by atoms with van der Waals surface area (Å²) >= 11 is 3.26. The molecular weight excluding hydrogens is 304 g/mol. The predicted octanol–water partition coefficient (Wildman–Crippen LogP) is 4.37. The Morgan fingerprint density at radius 3 is 2.38 bits per heavy atom. The lowest BCUT2D eigenvalue weighted by atomic mass is 10.1. The lowest BCUT2D eigenvalue weighted by molar-refractivity contribution is -0.130. The predicted molar refractivity (Wildman–Crippen MR) is 83.8 cm³/mol. The molecule has 0 radical (unpaired) electrons. The lowest BCUT2D eigenvalue weighted by Crippen LogP contribution is -2.03. The van der Waals surface area contributed by atoms with Gasteiger partial charge in [0.2, 0.25) is 0 Å². The van der Waals surface area contributed by atoms with Gasteiger partial charge in [0.1, 0.15) is 5.57 Å². The molecule has 5 heteroatoms. The molecule has 21 heavy (non-hydrogen) atoms. The monoisotopic (exact) mass is 316 g/mol. The Kier molecular flexibility index (Phi) is 3.94. The molecule has 1 aliphatic rings. The molecule has 3 nitrogen and oxygen atoms in total. The van der Waals surface area contributed by atoms with Crippen molar-refractivity contribution in [2.75, 3.05) is 7.11 Å². The van der Waals surface area contributed by atoms with E-state index in [2.05, 4.69) is 6.07 Å². The fourth-order valence-corrected chi connectivity index (χ4v) is 4.50. The molecule has 1 aliphatic heterocycles. The third-order valence-corrected chi connectivity index (χ3v) is 5.63. The zero-order valence-corrected chi connectivity index (χ0v) is 12.8. The third-order valence-electron chi connectivity index (χ3n) is 3.02. The van der Waals surface area contributed by atoms with Crippen molar-refractivity contribution in [1.82, 2.24) is 0 Å². The van der Waals surface area contributed by atoms with Crippen molar-refractivity contribution >= 4 is 35.1 Å². The molecule has 0 bridgehead atoms. The van der Waals surface area contributed by atoms with Gasteiger partial charge in [-0.2, -0.15) is 0 Å². The Labute approximate surface area is 131 Å². The van der Waals surface area contributed by atoms with Gasteiger partial charge in [0.25, 0.3) is 0 Å². The summed E-state index contributed by atoms with van der Waals surface area (Å²) in [7, 11) is 1.45. The Morgan fingerprint density at radius 2 is 1.71 bits per heavy atom. The number of hydrogen-bond acceptors (Lipinski definition) is 4. The SMILES string of the molecule is COC=C(C(=O)O)c1cccc2c1Sc1ccccc1S2. The molecule has 2 aromatic rings. The molecule has 106 valence electrons. The summed E-state index contributed by atoms with van der Waals surface area (Å²) in [5, 5.41) is 9.39. The molecule has 0 unspecified atom stereocenters. The van der Waals surface area contributed by atoms with E-state index < -0.39 is 5.97 Å². The second kappa shape index (κ2) is 5.87. The van der Waals surface area contributed by atoms with Gasteiger partial charge in [-0.3, -0.25) is 0 Å². The Morgan fingerprint density at radius 1 is 1.05 bits per heavy atom. The van der Waals surface area contributed by atoms with Gasteiger partial charge in [-0.15, -0.1) is 0 Å². The first-order valence-corrected chi connectivity index (χ1v) is 7.88. The van der Waals surface area contributed by atoms with Gasteiger partial charge in [-0.1, -0.05) is 47.8 Å². The third kappa shape index (κ3) is 2.66. The maximum atomic E-state index is 11.5. The van der Waals surface area contributed by atoms with Crippen molar-refractivity contribution in [1.29, 1.82) is 0 Å². The molecule has 0 fully saturated rings. The largest absolute Gasteiger partial charge is 0.503 e. The van der Waals surface area contributed by atoms with Crippen LogP contribution in [-0.2, 0) is 9.53 Å². The highest BCUT2D eigenvalue weighted by Gasteiger charge is 2.23. The molecule has 0 atom stereocenters. The van der Waals surface area contributed by atoms with Crippen molar-refractivity contribution in [3.63, 3.8) is 0 Å². The highest BCUT2D eigenvalue weighted by Crippen LogP contribution is 2.50. The second-order valence-electron chi connectivity index (χ2n) is 4.36. The van der Waals surface area contributed by atoms with E-state index >= 15 is 0 Å². The van der Waals surface area contributed by atoms with Crippen molar-refractivity contribution < 1.29 is 14.6 Å². The van der Waals surface area contributed by atoms with Gasteiger partial charge in [0.05, 0.1) is 13.4 Å². The minimum atomic E-state index is -0.991. The Balaban J connectivity index is 2.12. The van der Waals surface area contributed by atoms with Crippen molar-refractivity contribution in [2.45, 2.75) is 19.6 Å². The van der Waals surface area contributed by atoms with Crippen molar-refractivity contribution in [3.05, 3.63) is 54.3 Å². The number of rotatable bonds is 3. The highest BCUT2D eigenvalue weighted by atomic mass is 32.2. The summed E-state index contributed by atoms with van der Waals surface area (Å²) in [5.74, 6) is -0.991. The number of ether oxygens (including phenoxy) is 1. The minimum absolute atomic E-state index is 0.168. The summed E-state index contributed by atoms with van der Waals surface area (Å²) in [6, 6.07) is 13.8. The number of benzene rings is 2. The summed E-state index contributed by atoms with van der Waals surface area (Å²) in [5.41, 5.74) is 0.857. The number of carbonyl (C=O) groups is 1. The van der Waals surface area contributed by atoms with Crippen LogP contribution in [0, 0.1) is 0 Å². The van der Waals surface area contributed by atoms with Gasteiger partial charge in [-0.05, 0) is 18.2 Å². The average molecular weight is 316 g/mol. The molecular formula is C16H12O3S2. The van der Waals surface area contributed by atoms with Gasteiger partial charge < -0.3 is 9.84 Å². The number of carboxylic acid groups (broad SMARTS) is 1. The molecule has 0 aromatic heterocycles. The minimum Gasteiger partial charge on any atom is -0.503 e. The van der Waals surface area contributed by atoms with Gasteiger partial charge in [-0.25, -0.2) is 4.79 Å². The van der Waals surface area contributed by atoms with Crippen LogP contribution >= 0.6 is 23.5 Å². The van der Waals surface area contributed by atoms with Crippen LogP contribution in [-0.4, -0.2) is 18.2 Å². The van der Waals surface area contributed by atoms with Gasteiger partial charge in [0.15, 0.2) is 0 Å². The topological polar surface area (TPSA) is 46.5 Å². The molecule has 0 saturated carbocycles. The summed E-state index contributed by atoms with van der Waals surface area (Å²) in [4.78, 5) is 15.8. The van der Waals surface area contributed by atoms with E-state index in [9.17, 15) is 9.90 Å². The highest BCUT2D eigenvalue weighted by molar-refractivity contribution is 8.05. The smallest absolute Gasteiger partial charge is 0.339 e. The van der Waals surface area contributed by atoms with Crippen LogP contribution in [0.3, 0.4) is 0 Å². The zero-order valence-electron chi connectivity index (χ0n) is 11.2. The first-order valence-electron chi connectivity index (χ1n) is 6.25. The van der Waals surface area contributed by atoms with Crippen LogP contribution in [0.15, 0.2) is 68.3 Å². The van der Waals surface area contributed by atoms with Gasteiger partial charge in [0, 0.05) is 25.1 Å². The van der Waals surface area contributed by atoms with E-state index in [4.69, 9.17) is 4.74 Å². The first-order chi connectivity index (χ1) is 10.2. The zero-order chi connectivity index (χ0) is 14.8. The Bertz CT molecular complexity index is 738. The molecule has 0 spiro atoms. The van der Waals surface area contributed by atoms with E-state index in [0.29, 0.717) is 5.56 Å². The average Bonchev–Trinajstić information content (AvgIpc) is 2.50. The lowest BCUT2D eigenvalue weighted by Gasteiger charge is -2.20. The quantitative estimate of drug-likeness (QED) is 0.574. The maximum absolute atomic E-state index is 11.5. The fourth-order valence-electron chi connectivity index (χ4n) is 2.11. The van der Waals surface area contributed by atoms with Crippen LogP contribution in [0.25, 0.3) is 5.57 Å². The van der Waals surface area contributed by atoms with Crippen LogP contribution in [0.4, 0.5) is 0 Å². The number of fused-ring (bicyclic) bond motifs is 2. The molecule has 1 heterocycles. The number of hydrogen-bond donors (Lipinski definition) is 1. The maximum Gasteiger partial charge on any atom is 0.339 e. The van der Waals surface area contributed by atoms with E-state index in [0.717, 1.165) is 14.7 Å². The fraction of sp³-hybridized carbons (Fsp3) is 0.0625. The summed E-state index contributed by atoms with van der Waals surface area (Å²) < 4.78 is 4.92. The van der Waals surface area contributed by atoms with Gasteiger partial charge >= 0.3 is 5.97 Å². The number of carboxylic acids is 1. The Hall–Kier alpha value is -1.85. The second-order valence-corrected chi connectivity index (χ2v) is 6.49. The van der Waals surface area contributed by atoms with Crippen molar-refractivity contribution in [2.24, 2.45) is 0 Å². The van der Waals surface area contributed by atoms with E-state index in [1.807, 2.05) is 36.4 Å². The van der Waals surface area contributed by atoms with E-state index in [-0.39, 0.29) is 5.57 Å². The number of methoxy groups -OCH3 is 1. The molecule has 2 aromatic carbocycles. The van der Waals surface area contributed by atoms with Crippen molar-refractivity contribution in [3.8, 4) is 0 Å². The normalized spacial score (nSPS) is 13.3. The summed E-state index contributed by atoms with van der Waals surface area (Å²) in [6.07, 6.45) is 1.28. The molecule has 1 N–H and O–H groups in total.